The third kappa shape index (κ3) is 11.0. The third-order valence-electron chi connectivity index (χ3n) is 6.56. The predicted molar refractivity (Wildman–Crippen MR) is 165 cm³/mol. The van der Waals surface area contributed by atoms with Crippen LogP contribution in [-0.4, -0.2) is 48.6 Å². The highest BCUT2D eigenvalue weighted by molar-refractivity contribution is 7.84. The summed E-state index contributed by atoms with van der Waals surface area (Å²) in [4.78, 5) is 33.4. The number of pyridine rings is 1. The molecular formula is C32H35F5N4O3S. The summed E-state index contributed by atoms with van der Waals surface area (Å²) in [6.07, 6.45) is -1.92. The Hall–Kier alpha value is -4.18. The van der Waals surface area contributed by atoms with Crippen molar-refractivity contribution in [1.82, 2.24) is 14.3 Å². The molecule has 1 amide bonds. The number of benzene rings is 1. The second kappa shape index (κ2) is 16.8. The van der Waals surface area contributed by atoms with Crippen LogP contribution in [0, 0.1) is 17.1 Å². The lowest BCUT2D eigenvalue weighted by atomic mass is 9.99. The molecule has 0 saturated carbocycles. The minimum absolute atomic E-state index is 0.158. The van der Waals surface area contributed by atoms with E-state index in [0.717, 1.165) is 22.6 Å². The molecular weight excluding hydrogens is 615 g/mol. The van der Waals surface area contributed by atoms with Crippen LogP contribution in [0.4, 0.5) is 22.0 Å². The molecule has 0 N–H and O–H groups in total. The molecule has 242 valence electrons. The number of rotatable bonds is 11. The summed E-state index contributed by atoms with van der Waals surface area (Å²) in [5, 5.41) is 9.19. The van der Waals surface area contributed by atoms with E-state index in [1.54, 1.807) is 36.1 Å². The van der Waals surface area contributed by atoms with Crippen LogP contribution in [0.25, 0.3) is 16.8 Å². The molecule has 45 heavy (non-hydrogen) atoms. The standard InChI is InChI=1S/C28H31FN4O3S.C4H4F4/c1-5-7-19(3)16-25(34)32(14-15-37(36)6-2)20(4)27-26(22-10-8-21(17-30)9-11-22)28(35)33-18-23(29)12-13-24(33)31-27;1-3(5)2-4(6,7)8/h7-13,18,20H,5-6,14-16H2,1-4H3;1-2H2/b19-7+;. The van der Waals surface area contributed by atoms with E-state index in [-0.39, 0.29) is 30.1 Å². The molecule has 3 rings (SSSR count). The van der Waals surface area contributed by atoms with Crippen molar-refractivity contribution >= 4 is 22.4 Å². The fourth-order valence-electron chi connectivity index (χ4n) is 4.42. The molecule has 2 atom stereocenters. The van der Waals surface area contributed by atoms with Crippen molar-refractivity contribution in [1.29, 1.82) is 5.26 Å². The number of nitrogens with zero attached hydrogens (tertiary/aromatic N) is 4. The molecule has 0 aliphatic heterocycles. The SMILES string of the molecule is C=C(F)CC(F)(F)F.CC/C=C(\C)CC(=O)N(CCS(=O)CC)C(C)c1nc2ccc(F)cn2c(=O)c1-c1ccc(C#N)cc1. The largest absolute Gasteiger partial charge is 0.395 e. The number of amides is 1. The summed E-state index contributed by atoms with van der Waals surface area (Å²) in [6.45, 7) is 10.2. The average Bonchev–Trinajstić information content (AvgIpc) is 2.96. The highest BCUT2D eigenvalue weighted by Crippen LogP contribution is 2.29. The second-order valence-corrected chi connectivity index (χ2v) is 11.9. The number of allylic oxidation sites excluding steroid dienone is 2. The maximum atomic E-state index is 14.0. The zero-order valence-electron chi connectivity index (χ0n) is 25.5. The van der Waals surface area contributed by atoms with Gasteiger partial charge in [0.25, 0.3) is 5.56 Å². The number of nitriles is 1. The topological polar surface area (TPSA) is 95.5 Å². The molecule has 7 nitrogen and oxygen atoms in total. The van der Waals surface area contributed by atoms with Crippen LogP contribution in [0.3, 0.4) is 0 Å². The molecule has 2 unspecified atom stereocenters. The van der Waals surface area contributed by atoms with Crippen LogP contribution in [0.1, 0.15) is 64.3 Å². The predicted octanol–water partition coefficient (Wildman–Crippen LogP) is 7.20. The Balaban J connectivity index is 0.000000777. The minimum Gasteiger partial charge on any atom is -0.333 e. The van der Waals surface area contributed by atoms with Gasteiger partial charge in [0.1, 0.15) is 17.3 Å². The summed E-state index contributed by atoms with van der Waals surface area (Å²) in [5.41, 5.74) is 2.19. The van der Waals surface area contributed by atoms with E-state index in [1.807, 2.05) is 26.8 Å². The number of fused-ring (bicyclic) bond motifs is 1. The van der Waals surface area contributed by atoms with Crippen molar-refractivity contribution in [3.8, 4) is 17.2 Å². The summed E-state index contributed by atoms with van der Waals surface area (Å²) in [5.74, 6) is -1.32. The van der Waals surface area contributed by atoms with Crippen LogP contribution in [0.15, 0.2) is 71.4 Å². The fourth-order valence-corrected chi connectivity index (χ4v) is 5.11. The van der Waals surface area contributed by atoms with E-state index < -0.39 is 46.6 Å². The first-order valence-electron chi connectivity index (χ1n) is 14.0. The van der Waals surface area contributed by atoms with Gasteiger partial charge < -0.3 is 4.90 Å². The number of alkyl halides is 3. The molecule has 0 radical (unpaired) electrons. The zero-order valence-corrected chi connectivity index (χ0v) is 26.3. The molecule has 1 aromatic carbocycles. The van der Waals surface area contributed by atoms with Gasteiger partial charge in [-0.05, 0) is 50.1 Å². The fraction of sp³-hybridized carbons (Fsp3) is 0.375. The van der Waals surface area contributed by atoms with Crippen molar-refractivity contribution in [2.75, 3.05) is 18.1 Å². The molecule has 2 aromatic heterocycles. The van der Waals surface area contributed by atoms with E-state index in [9.17, 15) is 41.0 Å². The van der Waals surface area contributed by atoms with Crippen LogP contribution < -0.4 is 5.56 Å². The van der Waals surface area contributed by atoms with Crippen LogP contribution >= 0.6 is 0 Å². The van der Waals surface area contributed by atoms with Gasteiger partial charge in [-0.2, -0.15) is 18.4 Å². The maximum absolute atomic E-state index is 14.0. The molecule has 0 fully saturated rings. The molecule has 0 spiro atoms. The number of hydrogen-bond donors (Lipinski definition) is 0. The third-order valence-corrected chi connectivity index (χ3v) is 7.84. The van der Waals surface area contributed by atoms with Crippen molar-refractivity contribution in [3.63, 3.8) is 0 Å². The molecule has 0 aliphatic carbocycles. The van der Waals surface area contributed by atoms with E-state index in [0.29, 0.717) is 28.3 Å². The molecule has 13 heteroatoms. The lowest BCUT2D eigenvalue weighted by molar-refractivity contribution is -0.132. The Morgan fingerprint density at radius 1 is 1.20 bits per heavy atom. The van der Waals surface area contributed by atoms with Gasteiger partial charge in [0.2, 0.25) is 5.91 Å². The Labute approximate surface area is 261 Å². The Bertz CT molecular complexity index is 1660. The van der Waals surface area contributed by atoms with Crippen molar-refractivity contribution in [2.45, 2.75) is 59.2 Å². The summed E-state index contributed by atoms with van der Waals surface area (Å²) in [6, 6.07) is 10.5. The molecule has 3 aromatic rings. The smallest absolute Gasteiger partial charge is 0.333 e. The zero-order chi connectivity index (χ0) is 33.9. The number of carbonyl (C=O) groups is 1. The molecule has 2 heterocycles. The Kier molecular flexibility index (Phi) is 13.8. The minimum atomic E-state index is -4.45. The number of hydrogen-bond acceptors (Lipinski definition) is 5. The Morgan fingerprint density at radius 2 is 1.84 bits per heavy atom. The first-order chi connectivity index (χ1) is 21.1. The monoisotopic (exact) mass is 650 g/mol. The summed E-state index contributed by atoms with van der Waals surface area (Å²) in [7, 11) is -1.09. The number of carbonyl (C=O) groups excluding carboxylic acids is 1. The van der Waals surface area contributed by atoms with Crippen molar-refractivity contribution in [3.05, 3.63) is 94.1 Å². The van der Waals surface area contributed by atoms with E-state index >= 15 is 0 Å². The van der Waals surface area contributed by atoms with Crippen LogP contribution in [-0.2, 0) is 15.6 Å². The van der Waals surface area contributed by atoms with Crippen LogP contribution in [0.2, 0.25) is 0 Å². The van der Waals surface area contributed by atoms with Gasteiger partial charge in [-0.25, -0.2) is 13.8 Å². The quantitative estimate of drug-likeness (QED) is 0.162. The van der Waals surface area contributed by atoms with Crippen molar-refractivity contribution in [2.24, 2.45) is 0 Å². The van der Waals surface area contributed by atoms with Gasteiger partial charge >= 0.3 is 6.18 Å². The van der Waals surface area contributed by atoms with E-state index in [2.05, 4.69) is 12.6 Å². The molecule has 0 aliphatic rings. The second-order valence-electron chi connectivity index (χ2n) is 10.1. The normalized spacial score (nSPS) is 12.9. The average molecular weight is 651 g/mol. The van der Waals surface area contributed by atoms with Gasteiger partial charge in [-0.15, -0.1) is 0 Å². The van der Waals surface area contributed by atoms with E-state index in [4.69, 9.17) is 4.98 Å². The maximum Gasteiger partial charge on any atom is 0.395 e. The first kappa shape index (κ1) is 37.0. The van der Waals surface area contributed by atoms with E-state index in [1.165, 1.54) is 12.1 Å². The van der Waals surface area contributed by atoms with Crippen molar-refractivity contribution < 1.29 is 31.0 Å². The van der Waals surface area contributed by atoms with Gasteiger partial charge in [0, 0.05) is 41.5 Å². The summed E-state index contributed by atoms with van der Waals surface area (Å²) < 4.78 is 71.7. The van der Waals surface area contributed by atoms with Gasteiger partial charge in [-0.1, -0.05) is 44.2 Å². The van der Waals surface area contributed by atoms with Gasteiger partial charge in [-0.3, -0.25) is 18.2 Å². The molecule has 0 saturated heterocycles. The summed E-state index contributed by atoms with van der Waals surface area (Å²) >= 11 is 0. The highest BCUT2D eigenvalue weighted by Gasteiger charge is 2.29. The first-order valence-corrected chi connectivity index (χ1v) is 15.5. The van der Waals surface area contributed by atoms with Crippen LogP contribution in [0.5, 0.6) is 0 Å². The lowest BCUT2D eigenvalue weighted by Gasteiger charge is -2.30. The molecule has 0 bridgehead atoms. The lowest BCUT2D eigenvalue weighted by Crippen LogP contribution is -2.38. The van der Waals surface area contributed by atoms with Gasteiger partial charge in [0.15, 0.2) is 0 Å². The number of halogens is 5. The number of aromatic nitrogens is 2. The Morgan fingerprint density at radius 3 is 2.36 bits per heavy atom. The van der Waals surface area contributed by atoms with Gasteiger partial charge in [0.05, 0.1) is 35.4 Å². The highest BCUT2D eigenvalue weighted by atomic mass is 32.2.